The number of benzene rings is 1. The minimum Gasteiger partial charge on any atom is -0.257 e. The first-order valence-corrected chi connectivity index (χ1v) is 9.91. The zero-order chi connectivity index (χ0) is 18.0. The van der Waals surface area contributed by atoms with E-state index in [-0.39, 0.29) is 5.92 Å². The van der Waals surface area contributed by atoms with Crippen LogP contribution in [0.1, 0.15) is 24.5 Å². The normalized spacial score (nSPS) is 19.3. The van der Waals surface area contributed by atoms with Crippen LogP contribution in [0.15, 0.2) is 36.7 Å². The third-order valence-corrected chi connectivity index (χ3v) is 6.53. The van der Waals surface area contributed by atoms with Gasteiger partial charge in [0.05, 0.1) is 11.4 Å². The molecule has 1 atom stereocenters. The lowest BCUT2D eigenvalue weighted by Crippen LogP contribution is -2.45. The van der Waals surface area contributed by atoms with Crippen LogP contribution in [0.5, 0.6) is 0 Å². The van der Waals surface area contributed by atoms with Crippen LogP contribution in [-0.2, 0) is 10.2 Å². The van der Waals surface area contributed by atoms with E-state index in [1.165, 1.54) is 8.61 Å². The van der Waals surface area contributed by atoms with Gasteiger partial charge in [-0.1, -0.05) is 23.7 Å². The summed E-state index contributed by atoms with van der Waals surface area (Å²) >= 11 is 6.11. The van der Waals surface area contributed by atoms with Crippen LogP contribution in [0.2, 0.25) is 5.02 Å². The summed E-state index contributed by atoms with van der Waals surface area (Å²) in [4.78, 5) is 9.02. The minimum atomic E-state index is -3.43. The van der Waals surface area contributed by atoms with Crippen molar-refractivity contribution in [2.75, 3.05) is 27.2 Å². The molecule has 0 radical (unpaired) electrons. The summed E-state index contributed by atoms with van der Waals surface area (Å²) in [6, 6.07) is 7.48. The molecule has 6 nitrogen and oxygen atoms in total. The molecule has 2 heterocycles. The summed E-state index contributed by atoms with van der Waals surface area (Å²) in [6.45, 7) is 0.941. The Morgan fingerprint density at radius 1 is 1.24 bits per heavy atom. The van der Waals surface area contributed by atoms with E-state index in [0.717, 1.165) is 29.8 Å². The lowest BCUT2D eigenvalue weighted by atomic mass is 9.92. The number of halogens is 1. The number of rotatable bonds is 4. The average Bonchev–Trinajstić information content (AvgIpc) is 2.61. The summed E-state index contributed by atoms with van der Waals surface area (Å²) in [5.41, 5.74) is 2.48. The zero-order valence-electron chi connectivity index (χ0n) is 14.3. The molecule has 8 heteroatoms. The van der Waals surface area contributed by atoms with E-state index in [4.69, 9.17) is 11.6 Å². The van der Waals surface area contributed by atoms with Crippen molar-refractivity contribution in [3.8, 4) is 11.3 Å². The highest BCUT2D eigenvalue weighted by atomic mass is 35.5. The van der Waals surface area contributed by atoms with Gasteiger partial charge in [0, 0.05) is 56.1 Å². The van der Waals surface area contributed by atoms with Gasteiger partial charge in [0.1, 0.15) is 0 Å². The van der Waals surface area contributed by atoms with Gasteiger partial charge in [0.2, 0.25) is 0 Å². The van der Waals surface area contributed by atoms with Crippen molar-refractivity contribution < 1.29 is 8.42 Å². The molecule has 0 amide bonds. The number of nitrogens with zero attached hydrogens (tertiary/aromatic N) is 4. The largest absolute Gasteiger partial charge is 0.281 e. The monoisotopic (exact) mass is 380 g/mol. The first-order chi connectivity index (χ1) is 11.9. The van der Waals surface area contributed by atoms with Gasteiger partial charge in [-0.15, -0.1) is 0 Å². The van der Waals surface area contributed by atoms with Gasteiger partial charge in [-0.05, 0) is 25.0 Å². The molecule has 3 rings (SSSR count). The maximum absolute atomic E-state index is 12.5. The summed E-state index contributed by atoms with van der Waals surface area (Å²) in [7, 11) is -0.319. The van der Waals surface area contributed by atoms with Crippen molar-refractivity contribution in [1.29, 1.82) is 0 Å². The Hall–Kier alpha value is -1.54. The van der Waals surface area contributed by atoms with Crippen molar-refractivity contribution in [3.63, 3.8) is 0 Å². The third-order valence-electron chi connectivity index (χ3n) is 4.38. The van der Waals surface area contributed by atoms with E-state index in [2.05, 4.69) is 9.97 Å². The summed E-state index contributed by atoms with van der Waals surface area (Å²) in [5, 5.41) is 0.634. The molecule has 0 aliphatic carbocycles. The molecular weight excluding hydrogens is 360 g/mol. The van der Waals surface area contributed by atoms with E-state index in [9.17, 15) is 8.42 Å². The first-order valence-electron chi connectivity index (χ1n) is 8.14. The maximum atomic E-state index is 12.5. The Bertz CT molecular complexity index is 857. The predicted octanol–water partition coefficient (Wildman–Crippen LogP) is 2.78. The van der Waals surface area contributed by atoms with Gasteiger partial charge in [0.15, 0.2) is 0 Å². The highest BCUT2D eigenvalue weighted by molar-refractivity contribution is 7.86. The van der Waals surface area contributed by atoms with Gasteiger partial charge < -0.3 is 0 Å². The van der Waals surface area contributed by atoms with Gasteiger partial charge in [-0.3, -0.25) is 9.97 Å². The highest BCUT2D eigenvalue weighted by Gasteiger charge is 2.32. The Morgan fingerprint density at radius 3 is 2.72 bits per heavy atom. The van der Waals surface area contributed by atoms with Crippen LogP contribution in [0.3, 0.4) is 0 Å². The minimum absolute atomic E-state index is 0.00570. The molecule has 134 valence electrons. The molecule has 1 aliphatic heterocycles. The van der Waals surface area contributed by atoms with Gasteiger partial charge in [0.25, 0.3) is 10.2 Å². The second kappa shape index (κ2) is 7.37. The summed E-state index contributed by atoms with van der Waals surface area (Å²) in [5.74, 6) is 0.00570. The Labute approximate surface area is 153 Å². The SMILES string of the molecule is CN(C)S(=O)(=O)N1CCC[C@H](c2nccnc2-c2cccc(Cl)c2)C1. The summed E-state index contributed by atoms with van der Waals surface area (Å²) in [6.07, 6.45) is 4.98. The number of aromatic nitrogens is 2. The lowest BCUT2D eigenvalue weighted by molar-refractivity contribution is 0.296. The van der Waals surface area contributed by atoms with E-state index < -0.39 is 10.2 Å². The second-order valence-corrected chi connectivity index (χ2v) is 8.87. The van der Waals surface area contributed by atoms with Crippen LogP contribution in [0.4, 0.5) is 0 Å². The van der Waals surface area contributed by atoms with E-state index in [0.29, 0.717) is 18.1 Å². The Balaban J connectivity index is 1.95. The van der Waals surface area contributed by atoms with Crippen molar-refractivity contribution >= 4 is 21.8 Å². The molecular formula is C17H21ClN4O2S. The highest BCUT2D eigenvalue weighted by Crippen LogP contribution is 2.33. The van der Waals surface area contributed by atoms with Crippen LogP contribution < -0.4 is 0 Å². The van der Waals surface area contributed by atoms with Crippen LogP contribution in [0, 0.1) is 0 Å². The van der Waals surface area contributed by atoms with Gasteiger partial charge >= 0.3 is 0 Å². The van der Waals surface area contributed by atoms with Crippen LogP contribution in [0.25, 0.3) is 11.3 Å². The second-order valence-electron chi connectivity index (χ2n) is 6.29. The topological polar surface area (TPSA) is 66.4 Å². The molecule has 0 saturated carbocycles. The third kappa shape index (κ3) is 3.84. The fourth-order valence-electron chi connectivity index (χ4n) is 3.11. The standard InChI is InChI=1S/C17H21ClN4O2S/c1-21(2)25(23,24)22-10-4-6-14(12-22)17-16(19-8-9-20-17)13-5-3-7-15(18)11-13/h3,5,7-9,11,14H,4,6,10,12H2,1-2H3/t14-/m0/s1. The summed E-state index contributed by atoms with van der Waals surface area (Å²) < 4.78 is 27.7. The molecule has 0 N–H and O–H groups in total. The Morgan fingerprint density at radius 2 is 2.00 bits per heavy atom. The van der Waals surface area contributed by atoms with Crippen molar-refractivity contribution in [2.45, 2.75) is 18.8 Å². The van der Waals surface area contributed by atoms with Crippen LogP contribution >= 0.6 is 11.6 Å². The van der Waals surface area contributed by atoms with Crippen molar-refractivity contribution in [2.24, 2.45) is 0 Å². The molecule has 0 spiro atoms. The molecule has 25 heavy (non-hydrogen) atoms. The Kier molecular flexibility index (Phi) is 5.38. The lowest BCUT2D eigenvalue weighted by Gasteiger charge is -2.33. The predicted molar refractivity (Wildman–Crippen MR) is 98.6 cm³/mol. The fraction of sp³-hybridized carbons (Fsp3) is 0.412. The molecule has 2 aromatic rings. The van der Waals surface area contributed by atoms with E-state index in [1.54, 1.807) is 26.5 Å². The van der Waals surface area contributed by atoms with Crippen molar-refractivity contribution in [1.82, 2.24) is 18.6 Å². The molecule has 0 unspecified atom stereocenters. The first kappa shape index (κ1) is 18.3. The van der Waals surface area contributed by atoms with Gasteiger partial charge in [-0.25, -0.2) is 0 Å². The molecule has 1 aromatic heterocycles. The number of hydrogen-bond donors (Lipinski definition) is 0. The van der Waals surface area contributed by atoms with Crippen molar-refractivity contribution in [3.05, 3.63) is 47.4 Å². The molecule has 0 bridgehead atoms. The smallest absolute Gasteiger partial charge is 0.257 e. The maximum Gasteiger partial charge on any atom is 0.281 e. The zero-order valence-corrected chi connectivity index (χ0v) is 15.8. The average molecular weight is 381 g/mol. The van der Waals surface area contributed by atoms with E-state index >= 15 is 0 Å². The molecule has 1 fully saturated rings. The number of piperidine rings is 1. The van der Waals surface area contributed by atoms with E-state index in [1.807, 2.05) is 24.3 Å². The quantitative estimate of drug-likeness (QED) is 0.818. The number of hydrogen-bond acceptors (Lipinski definition) is 4. The molecule has 1 saturated heterocycles. The molecule has 1 aromatic carbocycles. The fourth-order valence-corrected chi connectivity index (χ4v) is 4.49. The van der Waals surface area contributed by atoms with Crippen LogP contribution in [-0.4, -0.2) is 54.2 Å². The van der Waals surface area contributed by atoms with Gasteiger partial charge in [-0.2, -0.15) is 17.0 Å². The molecule has 1 aliphatic rings.